The van der Waals surface area contributed by atoms with E-state index in [2.05, 4.69) is 15.5 Å². The molecule has 148 valence electrons. The molecule has 27 heavy (non-hydrogen) atoms. The molecule has 2 amide bonds. The van der Waals surface area contributed by atoms with Gasteiger partial charge in [0.25, 0.3) is 5.91 Å². The Bertz CT molecular complexity index is 872. The van der Waals surface area contributed by atoms with Gasteiger partial charge in [-0.15, -0.1) is 0 Å². The van der Waals surface area contributed by atoms with E-state index >= 15 is 0 Å². The quantitative estimate of drug-likeness (QED) is 0.826. The highest BCUT2D eigenvalue weighted by molar-refractivity contribution is 6.32. The number of hydrogen-bond donors (Lipinski definition) is 1. The average Bonchev–Trinajstić information content (AvgIpc) is 3.09. The summed E-state index contributed by atoms with van der Waals surface area (Å²) in [5.74, 6) is -1.04. The lowest BCUT2D eigenvalue weighted by atomic mass is 10.3. The third-order valence-corrected chi connectivity index (χ3v) is 4.17. The van der Waals surface area contributed by atoms with Crippen molar-refractivity contribution in [3.05, 3.63) is 28.3 Å². The topological polar surface area (TPSA) is 85.0 Å². The molecule has 0 fully saturated rings. The number of aryl methyl sites for hydroxylation is 1. The van der Waals surface area contributed by atoms with Gasteiger partial charge in [0, 0.05) is 20.6 Å². The van der Waals surface area contributed by atoms with Crippen molar-refractivity contribution in [2.75, 3.05) is 19.4 Å². The Morgan fingerprint density at radius 2 is 1.93 bits per heavy atom. The van der Waals surface area contributed by atoms with Crippen molar-refractivity contribution in [1.82, 2.24) is 24.5 Å². The summed E-state index contributed by atoms with van der Waals surface area (Å²) in [6.07, 6.45) is -3.42. The highest BCUT2D eigenvalue weighted by Crippen LogP contribution is 2.35. The lowest BCUT2D eigenvalue weighted by molar-refractivity contribution is -0.141. The lowest BCUT2D eigenvalue weighted by Crippen LogP contribution is -2.27. The van der Waals surface area contributed by atoms with Crippen LogP contribution in [-0.4, -0.2) is 50.4 Å². The number of alkyl halides is 3. The molecule has 0 atom stereocenters. The first-order chi connectivity index (χ1) is 12.5. The first-order valence-electron chi connectivity index (χ1n) is 7.84. The second-order valence-corrected chi connectivity index (χ2v) is 6.25. The molecule has 0 bridgehead atoms. The monoisotopic (exact) mass is 406 g/mol. The number of carbonyl (C=O) groups is 2. The minimum Gasteiger partial charge on any atom is -0.343 e. The predicted molar refractivity (Wildman–Crippen MR) is 91.5 cm³/mol. The summed E-state index contributed by atoms with van der Waals surface area (Å²) in [5.41, 5.74) is -0.917. The zero-order valence-corrected chi connectivity index (χ0v) is 15.8. The number of nitrogens with one attached hydrogen (secondary N) is 1. The minimum absolute atomic E-state index is 0.00739. The van der Waals surface area contributed by atoms with Crippen LogP contribution in [0.1, 0.15) is 28.8 Å². The van der Waals surface area contributed by atoms with Crippen LogP contribution in [0.3, 0.4) is 0 Å². The van der Waals surface area contributed by atoms with E-state index in [0.29, 0.717) is 6.54 Å². The maximum Gasteiger partial charge on any atom is 0.436 e. The molecule has 0 aliphatic heterocycles. The van der Waals surface area contributed by atoms with Crippen LogP contribution in [0, 0.1) is 6.92 Å². The molecule has 2 rings (SSSR count). The second-order valence-electron chi connectivity index (χ2n) is 5.87. The summed E-state index contributed by atoms with van der Waals surface area (Å²) >= 11 is 5.67. The molecule has 1 N–H and O–H groups in total. The number of amides is 2. The van der Waals surface area contributed by atoms with Gasteiger partial charge in [-0.05, 0) is 13.8 Å². The maximum absolute atomic E-state index is 12.9. The van der Waals surface area contributed by atoms with Gasteiger partial charge in [0.05, 0.1) is 22.6 Å². The average molecular weight is 407 g/mol. The molecule has 2 heterocycles. The van der Waals surface area contributed by atoms with Crippen LogP contribution in [0.5, 0.6) is 0 Å². The predicted octanol–water partition coefficient (Wildman–Crippen LogP) is 2.42. The number of anilines is 1. The number of rotatable bonds is 5. The van der Waals surface area contributed by atoms with Crippen LogP contribution in [0.25, 0.3) is 0 Å². The molecule has 0 saturated carbocycles. The van der Waals surface area contributed by atoms with Gasteiger partial charge in [0.2, 0.25) is 5.91 Å². The summed E-state index contributed by atoms with van der Waals surface area (Å²) in [6.45, 7) is 2.99. The Balaban J connectivity index is 2.25. The highest BCUT2D eigenvalue weighted by atomic mass is 35.5. The van der Waals surface area contributed by atoms with E-state index in [-0.39, 0.29) is 23.0 Å². The Morgan fingerprint density at radius 3 is 2.41 bits per heavy atom. The SMILES string of the molecule is CCn1ncc(NC(=O)Cn2nc(C(F)(F)F)c(Cl)c2C)c1C(=O)N(C)C. The van der Waals surface area contributed by atoms with Crippen LogP contribution in [0.2, 0.25) is 5.02 Å². The summed E-state index contributed by atoms with van der Waals surface area (Å²) < 4.78 is 40.9. The molecule has 2 aromatic rings. The third-order valence-electron chi connectivity index (χ3n) is 3.72. The summed E-state index contributed by atoms with van der Waals surface area (Å²) in [6, 6.07) is 0. The van der Waals surface area contributed by atoms with Crippen LogP contribution >= 0.6 is 11.6 Å². The van der Waals surface area contributed by atoms with Crippen molar-refractivity contribution in [1.29, 1.82) is 0 Å². The molecule has 8 nitrogen and oxygen atoms in total. The van der Waals surface area contributed by atoms with Gasteiger partial charge in [-0.3, -0.25) is 19.0 Å². The Morgan fingerprint density at radius 1 is 1.30 bits per heavy atom. The molecule has 0 saturated heterocycles. The smallest absolute Gasteiger partial charge is 0.343 e. The van der Waals surface area contributed by atoms with Crippen LogP contribution in [-0.2, 0) is 24.1 Å². The molecule has 12 heteroatoms. The van der Waals surface area contributed by atoms with E-state index < -0.39 is 29.3 Å². The van der Waals surface area contributed by atoms with Crippen LogP contribution < -0.4 is 5.32 Å². The summed E-state index contributed by atoms with van der Waals surface area (Å²) in [4.78, 5) is 25.9. The number of carbonyl (C=O) groups excluding carboxylic acids is 2. The number of aromatic nitrogens is 4. The normalized spacial score (nSPS) is 11.6. The second kappa shape index (κ2) is 7.59. The van der Waals surface area contributed by atoms with Crippen molar-refractivity contribution in [2.24, 2.45) is 0 Å². The van der Waals surface area contributed by atoms with E-state index in [4.69, 9.17) is 11.6 Å². The van der Waals surface area contributed by atoms with E-state index in [1.807, 2.05) is 0 Å². The van der Waals surface area contributed by atoms with Crippen LogP contribution in [0.4, 0.5) is 18.9 Å². The number of halogens is 4. The molecule has 0 unspecified atom stereocenters. The minimum atomic E-state index is -4.73. The van der Waals surface area contributed by atoms with Crippen molar-refractivity contribution < 1.29 is 22.8 Å². The van der Waals surface area contributed by atoms with E-state index in [1.54, 1.807) is 21.0 Å². The van der Waals surface area contributed by atoms with E-state index in [1.165, 1.54) is 22.7 Å². The molecule has 2 aromatic heterocycles. The largest absolute Gasteiger partial charge is 0.436 e. The van der Waals surface area contributed by atoms with E-state index in [0.717, 1.165) is 4.68 Å². The van der Waals surface area contributed by atoms with Gasteiger partial charge in [0.15, 0.2) is 5.69 Å². The first-order valence-corrected chi connectivity index (χ1v) is 8.22. The lowest BCUT2D eigenvalue weighted by Gasteiger charge is -2.13. The van der Waals surface area contributed by atoms with Gasteiger partial charge in [-0.1, -0.05) is 11.6 Å². The van der Waals surface area contributed by atoms with Gasteiger partial charge >= 0.3 is 6.18 Å². The van der Waals surface area contributed by atoms with Gasteiger partial charge in [-0.2, -0.15) is 23.4 Å². The van der Waals surface area contributed by atoms with Crippen molar-refractivity contribution in [2.45, 2.75) is 33.1 Å². The van der Waals surface area contributed by atoms with Crippen molar-refractivity contribution in [3.63, 3.8) is 0 Å². The highest BCUT2D eigenvalue weighted by Gasteiger charge is 2.38. The van der Waals surface area contributed by atoms with E-state index in [9.17, 15) is 22.8 Å². The first kappa shape index (κ1) is 20.7. The van der Waals surface area contributed by atoms with Crippen molar-refractivity contribution in [3.8, 4) is 0 Å². The fraction of sp³-hybridized carbons (Fsp3) is 0.467. The molecule has 0 radical (unpaired) electrons. The molecular formula is C15H18ClF3N6O2. The van der Waals surface area contributed by atoms with Gasteiger partial charge in [-0.25, -0.2) is 0 Å². The summed E-state index contributed by atoms with van der Waals surface area (Å²) in [5, 5.41) is 9.33. The van der Waals surface area contributed by atoms with Gasteiger partial charge < -0.3 is 10.2 Å². The Hall–Kier alpha value is -2.56. The number of hydrogen-bond acceptors (Lipinski definition) is 4. The van der Waals surface area contributed by atoms with Crippen LogP contribution in [0.15, 0.2) is 6.20 Å². The van der Waals surface area contributed by atoms with Crippen molar-refractivity contribution >= 4 is 29.1 Å². The summed E-state index contributed by atoms with van der Waals surface area (Å²) in [7, 11) is 3.10. The Labute approximate surface area is 157 Å². The molecule has 0 aromatic carbocycles. The molecule has 0 aliphatic carbocycles. The molecular weight excluding hydrogens is 389 g/mol. The Kier molecular flexibility index (Phi) is 5.83. The fourth-order valence-corrected chi connectivity index (χ4v) is 2.58. The third kappa shape index (κ3) is 4.24. The maximum atomic E-state index is 12.9. The molecule has 0 spiro atoms. The fourth-order valence-electron chi connectivity index (χ4n) is 2.34. The zero-order valence-electron chi connectivity index (χ0n) is 15.1. The molecule has 0 aliphatic rings. The number of nitrogens with zero attached hydrogens (tertiary/aromatic N) is 5. The zero-order chi connectivity index (χ0) is 20.5. The standard InChI is InChI=1S/C15H18ClF3N6O2/c1-5-24-12(14(27)23(3)4)9(6-20-24)21-10(26)7-25-8(2)11(16)13(22-25)15(17,18)19/h6H,5,7H2,1-4H3,(H,21,26). The van der Waals surface area contributed by atoms with Gasteiger partial charge in [0.1, 0.15) is 12.2 Å².